The van der Waals surface area contributed by atoms with Crippen LogP contribution >= 0.6 is 0 Å². The lowest BCUT2D eigenvalue weighted by molar-refractivity contribution is 0.152. The molecule has 148 valence electrons. The van der Waals surface area contributed by atoms with Crippen molar-refractivity contribution in [3.05, 3.63) is 41.5 Å². The molecular formula is C19H24N6O3. The zero-order chi connectivity index (χ0) is 19.9. The second-order valence-corrected chi connectivity index (χ2v) is 6.52. The molecule has 0 bridgehead atoms. The fourth-order valence-electron chi connectivity index (χ4n) is 2.56. The van der Waals surface area contributed by atoms with Crippen LogP contribution in [0.1, 0.15) is 11.1 Å². The van der Waals surface area contributed by atoms with Gasteiger partial charge in [0, 0.05) is 20.2 Å². The number of benzene rings is 1. The molecule has 0 spiro atoms. The van der Waals surface area contributed by atoms with Crippen molar-refractivity contribution in [1.82, 2.24) is 14.9 Å². The first kappa shape index (κ1) is 19.4. The molecule has 0 unspecified atom stereocenters. The lowest BCUT2D eigenvalue weighted by Gasteiger charge is -2.15. The first-order valence-electron chi connectivity index (χ1n) is 8.98. The number of carbonyl (C=O) groups is 1. The summed E-state index contributed by atoms with van der Waals surface area (Å²) in [5, 5.41) is 4.24. The third-order valence-electron chi connectivity index (χ3n) is 4.02. The van der Waals surface area contributed by atoms with Gasteiger partial charge in [-0.2, -0.15) is 15.1 Å². The van der Waals surface area contributed by atoms with Gasteiger partial charge in [-0.3, -0.25) is 5.43 Å². The van der Waals surface area contributed by atoms with Crippen molar-refractivity contribution < 1.29 is 14.3 Å². The van der Waals surface area contributed by atoms with Gasteiger partial charge in [-0.05, 0) is 12.5 Å². The molecule has 1 saturated heterocycles. The summed E-state index contributed by atoms with van der Waals surface area (Å²) in [6.07, 6.45) is 1.41. The van der Waals surface area contributed by atoms with Gasteiger partial charge in [0.1, 0.15) is 19.0 Å². The Morgan fingerprint density at radius 1 is 1.36 bits per heavy atom. The molecule has 2 aromatic rings. The van der Waals surface area contributed by atoms with Gasteiger partial charge in [0.2, 0.25) is 0 Å². The monoisotopic (exact) mass is 384 g/mol. The van der Waals surface area contributed by atoms with E-state index >= 15 is 0 Å². The second-order valence-electron chi connectivity index (χ2n) is 6.52. The van der Waals surface area contributed by atoms with Gasteiger partial charge in [0.05, 0.1) is 19.3 Å². The molecule has 1 N–H and O–H groups in total. The van der Waals surface area contributed by atoms with Gasteiger partial charge in [-0.15, -0.1) is 0 Å². The largest absolute Gasteiger partial charge is 0.461 e. The summed E-state index contributed by atoms with van der Waals surface area (Å²) in [6.45, 7) is 3.71. The first-order chi connectivity index (χ1) is 13.5. The maximum atomic E-state index is 11.5. The number of nitrogens with one attached hydrogen (secondary N) is 1. The molecule has 28 heavy (non-hydrogen) atoms. The number of nitrogens with zero attached hydrogens (tertiary/aromatic N) is 5. The predicted octanol–water partition coefficient (Wildman–Crippen LogP) is 2.13. The Labute approximate surface area is 164 Å². The molecule has 0 radical (unpaired) electrons. The molecule has 1 aliphatic heterocycles. The Morgan fingerprint density at radius 3 is 2.93 bits per heavy atom. The van der Waals surface area contributed by atoms with E-state index in [-0.39, 0.29) is 18.7 Å². The van der Waals surface area contributed by atoms with E-state index in [4.69, 9.17) is 9.47 Å². The first-order valence-corrected chi connectivity index (χ1v) is 8.98. The van der Waals surface area contributed by atoms with E-state index in [0.29, 0.717) is 31.3 Å². The van der Waals surface area contributed by atoms with Crippen LogP contribution in [0.25, 0.3) is 0 Å². The standard InChI is InChI=1S/C19H24N6O3/c1-14-5-4-6-15(11-14)13-20-23-16-12-17(24(2)3)22-18(21-16)27-9-7-25-8-10-28-19(25)26/h4-6,11-13H,7-10H2,1-3H3,(H,21,22,23)/b20-13+. The summed E-state index contributed by atoms with van der Waals surface area (Å²) in [4.78, 5) is 23.6. The van der Waals surface area contributed by atoms with E-state index < -0.39 is 0 Å². The van der Waals surface area contributed by atoms with Crippen molar-refractivity contribution >= 4 is 23.9 Å². The number of carbonyl (C=O) groups excluding carboxylic acids is 1. The number of cyclic esters (lactones) is 1. The number of hydrogen-bond donors (Lipinski definition) is 1. The van der Waals surface area contributed by atoms with Crippen molar-refractivity contribution in [2.75, 3.05) is 50.7 Å². The predicted molar refractivity (Wildman–Crippen MR) is 107 cm³/mol. The maximum Gasteiger partial charge on any atom is 0.410 e. The molecule has 2 heterocycles. The van der Waals surface area contributed by atoms with Gasteiger partial charge in [0.15, 0.2) is 5.82 Å². The van der Waals surface area contributed by atoms with Gasteiger partial charge in [0.25, 0.3) is 0 Å². The highest BCUT2D eigenvalue weighted by Gasteiger charge is 2.21. The normalized spacial score (nSPS) is 13.7. The van der Waals surface area contributed by atoms with Crippen molar-refractivity contribution in [1.29, 1.82) is 0 Å². The van der Waals surface area contributed by atoms with E-state index in [0.717, 1.165) is 5.56 Å². The minimum atomic E-state index is -0.320. The van der Waals surface area contributed by atoms with Crippen LogP contribution in [0.15, 0.2) is 35.4 Å². The second kappa shape index (κ2) is 9.03. The molecule has 1 amide bonds. The summed E-state index contributed by atoms with van der Waals surface area (Å²) in [7, 11) is 3.76. The van der Waals surface area contributed by atoms with Gasteiger partial charge in [-0.25, -0.2) is 4.79 Å². The molecule has 0 saturated carbocycles. The Kier molecular flexibility index (Phi) is 6.25. The van der Waals surface area contributed by atoms with Gasteiger partial charge < -0.3 is 19.3 Å². The Morgan fingerprint density at radius 2 is 2.21 bits per heavy atom. The average Bonchev–Trinajstić information content (AvgIpc) is 3.07. The summed E-state index contributed by atoms with van der Waals surface area (Å²) in [6, 6.07) is 10.0. The number of ether oxygens (including phenoxy) is 2. The number of amides is 1. The third-order valence-corrected chi connectivity index (χ3v) is 4.02. The van der Waals surface area contributed by atoms with E-state index in [1.807, 2.05) is 50.2 Å². The van der Waals surface area contributed by atoms with Crippen molar-refractivity contribution in [2.45, 2.75) is 6.92 Å². The Hall–Kier alpha value is -3.36. The molecule has 1 aromatic carbocycles. The number of rotatable bonds is 8. The quantitative estimate of drug-likeness (QED) is 0.550. The topological polar surface area (TPSA) is 92.2 Å². The number of anilines is 2. The lowest BCUT2D eigenvalue weighted by Crippen LogP contribution is -2.29. The number of hydrogen-bond acceptors (Lipinski definition) is 8. The van der Waals surface area contributed by atoms with E-state index in [1.165, 1.54) is 5.56 Å². The molecular weight excluding hydrogens is 360 g/mol. The van der Waals surface area contributed by atoms with Gasteiger partial charge >= 0.3 is 12.1 Å². The van der Waals surface area contributed by atoms with Crippen LogP contribution in [0.2, 0.25) is 0 Å². The van der Waals surface area contributed by atoms with Crippen LogP contribution in [-0.2, 0) is 4.74 Å². The smallest absolute Gasteiger partial charge is 0.410 e. The van der Waals surface area contributed by atoms with E-state index in [9.17, 15) is 4.79 Å². The van der Waals surface area contributed by atoms with Gasteiger partial charge in [-0.1, -0.05) is 29.8 Å². The number of aryl methyl sites for hydroxylation is 1. The highest BCUT2D eigenvalue weighted by Crippen LogP contribution is 2.18. The minimum absolute atomic E-state index is 0.215. The van der Waals surface area contributed by atoms with Crippen molar-refractivity contribution in [3.8, 4) is 6.01 Å². The maximum absolute atomic E-state index is 11.5. The Balaban J connectivity index is 1.64. The van der Waals surface area contributed by atoms with Crippen LogP contribution in [0.4, 0.5) is 16.4 Å². The molecule has 3 rings (SSSR count). The fourth-order valence-corrected chi connectivity index (χ4v) is 2.56. The molecule has 9 heteroatoms. The zero-order valence-electron chi connectivity index (χ0n) is 16.3. The SMILES string of the molecule is Cc1cccc(/C=N/Nc2cc(N(C)C)nc(OCCN3CCOC3=O)n2)c1. The summed E-state index contributed by atoms with van der Waals surface area (Å²) < 4.78 is 10.5. The molecule has 0 atom stereocenters. The van der Waals surface area contributed by atoms with Crippen LogP contribution < -0.4 is 15.1 Å². The molecule has 9 nitrogen and oxygen atoms in total. The van der Waals surface area contributed by atoms with Crippen LogP contribution in [0.5, 0.6) is 6.01 Å². The summed E-state index contributed by atoms with van der Waals surface area (Å²) in [5.74, 6) is 1.19. The number of aromatic nitrogens is 2. The van der Waals surface area contributed by atoms with Crippen LogP contribution in [0.3, 0.4) is 0 Å². The molecule has 1 fully saturated rings. The molecule has 1 aromatic heterocycles. The van der Waals surface area contributed by atoms with Crippen LogP contribution in [-0.4, -0.2) is 67.6 Å². The number of hydrazone groups is 1. The summed E-state index contributed by atoms with van der Waals surface area (Å²) in [5.41, 5.74) is 5.07. The lowest BCUT2D eigenvalue weighted by atomic mass is 10.2. The third kappa shape index (κ3) is 5.32. The van der Waals surface area contributed by atoms with Crippen LogP contribution in [0, 0.1) is 6.92 Å². The van der Waals surface area contributed by atoms with Crippen molar-refractivity contribution in [2.24, 2.45) is 5.10 Å². The average molecular weight is 384 g/mol. The summed E-state index contributed by atoms with van der Waals surface area (Å²) >= 11 is 0. The highest BCUT2D eigenvalue weighted by molar-refractivity contribution is 5.80. The van der Waals surface area contributed by atoms with Crippen molar-refractivity contribution in [3.63, 3.8) is 0 Å². The minimum Gasteiger partial charge on any atom is -0.461 e. The molecule has 0 aliphatic carbocycles. The molecule has 1 aliphatic rings. The fraction of sp³-hybridized carbons (Fsp3) is 0.368. The Bertz CT molecular complexity index is 855. The van der Waals surface area contributed by atoms with E-state index in [1.54, 1.807) is 17.2 Å². The zero-order valence-corrected chi connectivity index (χ0v) is 16.3. The highest BCUT2D eigenvalue weighted by atomic mass is 16.6. The van der Waals surface area contributed by atoms with E-state index in [2.05, 4.69) is 20.5 Å².